The molecule has 0 atom stereocenters. The molecule has 6 heteroatoms. The minimum absolute atomic E-state index is 0.0702. The van der Waals surface area contributed by atoms with Crippen molar-refractivity contribution >= 4 is 16.8 Å². The molecule has 0 bridgehead atoms. The van der Waals surface area contributed by atoms with E-state index in [0.717, 1.165) is 13.1 Å². The number of aromatic hydroxyl groups is 1. The van der Waals surface area contributed by atoms with Gasteiger partial charge < -0.3 is 19.9 Å². The SMILES string of the molecule is CC(=O)N1CC[NH+](Cc2c(O)c3ccccc3[nH]c2=O)CC1. The first-order valence-electron chi connectivity index (χ1n) is 7.48. The highest BCUT2D eigenvalue weighted by molar-refractivity contribution is 5.85. The second kappa shape index (κ2) is 5.81. The smallest absolute Gasteiger partial charge is 0.261 e. The van der Waals surface area contributed by atoms with Crippen LogP contribution in [0.25, 0.3) is 10.9 Å². The third-order valence-corrected chi connectivity index (χ3v) is 4.33. The van der Waals surface area contributed by atoms with E-state index in [2.05, 4.69) is 4.98 Å². The standard InChI is InChI=1S/C16H19N3O3/c1-11(20)19-8-6-18(7-9-19)10-13-15(21)12-4-2-3-5-14(12)17-16(13)22/h2-5H,6-10H2,1H3,(H2,17,21,22)/p+1. The van der Waals surface area contributed by atoms with Crippen molar-refractivity contribution in [3.05, 3.63) is 40.2 Å². The Balaban J connectivity index is 1.83. The number of para-hydroxylation sites is 1. The van der Waals surface area contributed by atoms with Crippen molar-refractivity contribution in [3.8, 4) is 5.75 Å². The highest BCUT2D eigenvalue weighted by Gasteiger charge is 2.24. The second-order valence-corrected chi connectivity index (χ2v) is 5.76. The van der Waals surface area contributed by atoms with Gasteiger partial charge in [0.2, 0.25) is 5.91 Å². The van der Waals surface area contributed by atoms with Gasteiger partial charge in [-0.15, -0.1) is 0 Å². The van der Waals surface area contributed by atoms with Crippen molar-refractivity contribution in [1.29, 1.82) is 0 Å². The Morgan fingerprint density at radius 1 is 1.32 bits per heavy atom. The van der Waals surface area contributed by atoms with E-state index in [0.29, 0.717) is 36.1 Å². The van der Waals surface area contributed by atoms with Gasteiger partial charge in [0.15, 0.2) is 0 Å². The van der Waals surface area contributed by atoms with Crippen LogP contribution in [0.2, 0.25) is 0 Å². The summed E-state index contributed by atoms with van der Waals surface area (Å²) in [5.41, 5.74) is 0.827. The Hall–Kier alpha value is -2.34. The van der Waals surface area contributed by atoms with Crippen LogP contribution in [0.5, 0.6) is 5.75 Å². The van der Waals surface area contributed by atoms with Crippen LogP contribution >= 0.6 is 0 Å². The molecule has 1 aromatic carbocycles. The predicted molar refractivity (Wildman–Crippen MR) is 82.9 cm³/mol. The molecule has 0 spiro atoms. The summed E-state index contributed by atoms with van der Waals surface area (Å²) in [4.78, 5) is 29.4. The second-order valence-electron chi connectivity index (χ2n) is 5.76. The van der Waals surface area contributed by atoms with Gasteiger partial charge in [-0.2, -0.15) is 0 Å². The molecule has 3 N–H and O–H groups in total. The number of H-pyrrole nitrogens is 1. The summed E-state index contributed by atoms with van der Waals surface area (Å²) in [6, 6.07) is 7.23. The number of pyridine rings is 1. The number of benzene rings is 1. The van der Waals surface area contributed by atoms with Crippen LogP contribution in [0, 0.1) is 0 Å². The Bertz CT molecular complexity index is 761. The lowest BCUT2D eigenvalue weighted by Crippen LogP contribution is -3.13. The summed E-state index contributed by atoms with van der Waals surface area (Å²) in [5.74, 6) is 0.159. The van der Waals surface area contributed by atoms with E-state index in [1.165, 1.54) is 4.90 Å². The summed E-state index contributed by atoms with van der Waals surface area (Å²) in [6.07, 6.45) is 0. The zero-order valence-electron chi connectivity index (χ0n) is 12.6. The van der Waals surface area contributed by atoms with E-state index >= 15 is 0 Å². The van der Waals surface area contributed by atoms with E-state index in [1.54, 1.807) is 19.1 Å². The zero-order valence-corrected chi connectivity index (χ0v) is 12.6. The number of aromatic nitrogens is 1. The maximum absolute atomic E-state index is 12.2. The van der Waals surface area contributed by atoms with Gasteiger partial charge in [0.05, 0.1) is 31.7 Å². The van der Waals surface area contributed by atoms with Crippen LogP contribution in [-0.4, -0.2) is 47.1 Å². The molecule has 0 aliphatic carbocycles. The first-order valence-corrected chi connectivity index (χ1v) is 7.48. The Morgan fingerprint density at radius 3 is 2.68 bits per heavy atom. The number of hydrogen-bond donors (Lipinski definition) is 3. The number of hydrogen-bond acceptors (Lipinski definition) is 3. The molecule has 1 aliphatic rings. The maximum Gasteiger partial charge on any atom is 0.261 e. The zero-order chi connectivity index (χ0) is 15.7. The minimum atomic E-state index is -0.238. The van der Waals surface area contributed by atoms with Gasteiger partial charge in [-0.3, -0.25) is 9.59 Å². The summed E-state index contributed by atoms with van der Waals surface area (Å²) in [5, 5.41) is 11.1. The molecular weight excluding hydrogens is 282 g/mol. The average Bonchev–Trinajstić information content (AvgIpc) is 2.52. The van der Waals surface area contributed by atoms with Crippen LogP contribution in [-0.2, 0) is 11.3 Å². The molecule has 22 heavy (non-hydrogen) atoms. The number of carbonyl (C=O) groups excluding carboxylic acids is 1. The van der Waals surface area contributed by atoms with Gasteiger partial charge in [-0.05, 0) is 12.1 Å². The molecule has 1 fully saturated rings. The first kappa shape index (κ1) is 14.6. The van der Waals surface area contributed by atoms with Crippen LogP contribution in [0.15, 0.2) is 29.1 Å². The van der Waals surface area contributed by atoms with Crippen molar-refractivity contribution < 1.29 is 14.8 Å². The molecule has 116 valence electrons. The number of piperazine rings is 1. The van der Waals surface area contributed by atoms with Crippen LogP contribution in [0.3, 0.4) is 0 Å². The third-order valence-electron chi connectivity index (χ3n) is 4.33. The van der Waals surface area contributed by atoms with Gasteiger partial charge in [0.25, 0.3) is 5.56 Å². The Morgan fingerprint density at radius 2 is 2.00 bits per heavy atom. The van der Waals surface area contributed by atoms with Gasteiger partial charge in [0.1, 0.15) is 17.9 Å². The average molecular weight is 302 g/mol. The molecule has 0 unspecified atom stereocenters. The monoisotopic (exact) mass is 302 g/mol. The van der Waals surface area contributed by atoms with Crippen molar-refractivity contribution in [2.24, 2.45) is 0 Å². The largest absolute Gasteiger partial charge is 0.507 e. The van der Waals surface area contributed by atoms with E-state index < -0.39 is 0 Å². The maximum atomic E-state index is 12.2. The number of carbonyl (C=O) groups is 1. The summed E-state index contributed by atoms with van der Waals surface area (Å²) in [6.45, 7) is 4.99. The first-order chi connectivity index (χ1) is 10.6. The number of fused-ring (bicyclic) bond motifs is 1. The molecule has 2 heterocycles. The van der Waals surface area contributed by atoms with Gasteiger partial charge in [-0.1, -0.05) is 12.1 Å². The number of nitrogens with zero attached hydrogens (tertiary/aromatic N) is 1. The Kier molecular flexibility index (Phi) is 3.85. The molecule has 1 amide bonds. The molecule has 1 aromatic heterocycles. The number of rotatable bonds is 2. The molecular formula is C16H20N3O3+. The molecule has 3 rings (SSSR count). The molecule has 0 saturated carbocycles. The van der Waals surface area contributed by atoms with E-state index in [1.807, 2.05) is 17.0 Å². The molecule has 2 aromatic rings. The number of quaternary nitrogens is 1. The van der Waals surface area contributed by atoms with Crippen molar-refractivity contribution in [2.75, 3.05) is 26.2 Å². The summed E-state index contributed by atoms with van der Waals surface area (Å²) in [7, 11) is 0. The fourth-order valence-electron chi connectivity index (χ4n) is 3.00. The van der Waals surface area contributed by atoms with Crippen molar-refractivity contribution in [1.82, 2.24) is 9.88 Å². The topological polar surface area (TPSA) is 77.8 Å². The molecule has 1 saturated heterocycles. The van der Waals surface area contributed by atoms with Crippen LogP contribution in [0.4, 0.5) is 0 Å². The Labute approximate surface area is 128 Å². The summed E-state index contributed by atoms with van der Waals surface area (Å²) >= 11 is 0. The molecule has 0 radical (unpaired) electrons. The lowest BCUT2D eigenvalue weighted by molar-refractivity contribution is -0.917. The lowest BCUT2D eigenvalue weighted by Gasteiger charge is -2.31. The van der Waals surface area contributed by atoms with Crippen LogP contribution in [0.1, 0.15) is 12.5 Å². The normalized spacial score (nSPS) is 16.1. The van der Waals surface area contributed by atoms with Gasteiger partial charge in [-0.25, -0.2) is 0 Å². The lowest BCUT2D eigenvalue weighted by atomic mass is 10.1. The number of aromatic amines is 1. The fraction of sp³-hybridized carbons (Fsp3) is 0.375. The van der Waals surface area contributed by atoms with E-state index in [9.17, 15) is 14.7 Å². The third kappa shape index (κ3) is 2.69. The molecule has 1 aliphatic heterocycles. The van der Waals surface area contributed by atoms with Gasteiger partial charge >= 0.3 is 0 Å². The minimum Gasteiger partial charge on any atom is -0.507 e. The van der Waals surface area contributed by atoms with Crippen molar-refractivity contribution in [2.45, 2.75) is 13.5 Å². The summed E-state index contributed by atoms with van der Waals surface area (Å²) < 4.78 is 0. The van der Waals surface area contributed by atoms with E-state index in [-0.39, 0.29) is 17.2 Å². The van der Waals surface area contributed by atoms with Crippen molar-refractivity contribution in [3.63, 3.8) is 0 Å². The highest BCUT2D eigenvalue weighted by atomic mass is 16.3. The van der Waals surface area contributed by atoms with Crippen LogP contribution < -0.4 is 10.5 Å². The fourth-order valence-corrected chi connectivity index (χ4v) is 3.00. The van der Waals surface area contributed by atoms with Gasteiger partial charge in [0, 0.05) is 12.3 Å². The number of amides is 1. The number of nitrogens with one attached hydrogen (secondary N) is 2. The highest BCUT2D eigenvalue weighted by Crippen LogP contribution is 2.23. The quantitative estimate of drug-likeness (QED) is 0.698. The molecule has 6 nitrogen and oxygen atoms in total. The van der Waals surface area contributed by atoms with E-state index in [4.69, 9.17) is 0 Å². The predicted octanol–water partition coefficient (Wildman–Crippen LogP) is -0.519.